The van der Waals surface area contributed by atoms with Gasteiger partial charge in [-0.1, -0.05) is 5.92 Å². The van der Waals surface area contributed by atoms with Crippen molar-refractivity contribution in [1.82, 2.24) is 9.55 Å². The van der Waals surface area contributed by atoms with Gasteiger partial charge in [0.25, 0.3) is 0 Å². The van der Waals surface area contributed by atoms with Crippen molar-refractivity contribution in [3.8, 4) is 12.3 Å². The third kappa shape index (κ3) is 1.77. The fourth-order valence-electron chi connectivity index (χ4n) is 1.87. The molecule has 2 rings (SSSR count). The van der Waals surface area contributed by atoms with Crippen LogP contribution in [0.3, 0.4) is 0 Å². The molecule has 5 heteroatoms. The summed E-state index contributed by atoms with van der Waals surface area (Å²) in [5.74, 6) is 3.04. The summed E-state index contributed by atoms with van der Waals surface area (Å²) in [5, 5.41) is 0. The Morgan fingerprint density at radius 2 is 2.07 bits per heavy atom. The molecule has 0 amide bonds. The number of terminal acetylenes is 1. The molecule has 15 heavy (non-hydrogen) atoms. The lowest BCUT2D eigenvalue weighted by Gasteiger charge is -2.33. The number of imidazole rings is 1. The van der Waals surface area contributed by atoms with E-state index in [4.69, 9.17) is 6.42 Å². The van der Waals surface area contributed by atoms with Gasteiger partial charge in [-0.15, -0.1) is 6.42 Å². The Morgan fingerprint density at radius 1 is 1.40 bits per heavy atom. The van der Waals surface area contributed by atoms with Gasteiger partial charge in [0.05, 0.1) is 17.8 Å². The zero-order valence-corrected chi connectivity index (χ0v) is 9.07. The molecule has 1 aliphatic rings. The third-order valence-corrected chi connectivity index (χ3v) is 4.57. The number of hydrogen-bond donors (Lipinski definition) is 0. The zero-order valence-electron chi connectivity index (χ0n) is 8.26. The quantitative estimate of drug-likeness (QED) is 0.650. The predicted molar refractivity (Wildman–Crippen MR) is 56.9 cm³/mol. The van der Waals surface area contributed by atoms with E-state index in [1.165, 1.54) is 0 Å². The van der Waals surface area contributed by atoms with Gasteiger partial charge in [0.2, 0.25) is 0 Å². The monoisotopic (exact) mass is 224 g/mol. The number of hydrogen-bond acceptors (Lipinski definition) is 3. The van der Waals surface area contributed by atoms with E-state index in [0.717, 1.165) is 0 Å². The maximum Gasteiger partial charge on any atom is 0.150 e. The van der Waals surface area contributed by atoms with Crippen molar-refractivity contribution in [3.05, 3.63) is 18.7 Å². The van der Waals surface area contributed by atoms with Crippen LogP contribution in [0, 0.1) is 12.3 Å². The highest BCUT2D eigenvalue weighted by atomic mass is 32.2. The van der Waals surface area contributed by atoms with Crippen molar-refractivity contribution in [3.63, 3.8) is 0 Å². The van der Waals surface area contributed by atoms with Gasteiger partial charge in [-0.2, -0.15) is 0 Å². The van der Waals surface area contributed by atoms with Crippen LogP contribution in [0.25, 0.3) is 0 Å². The number of aromatic nitrogens is 2. The van der Waals surface area contributed by atoms with Crippen LogP contribution >= 0.6 is 0 Å². The number of rotatable bonds is 1. The Morgan fingerprint density at radius 3 is 2.53 bits per heavy atom. The molecule has 4 nitrogen and oxygen atoms in total. The summed E-state index contributed by atoms with van der Waals surface area (Å²) < 4.78 is 24.5. The molecule has 1 aromatic rings. The SMILES string of the molecule is C#CC1(n2ccnc2)CCS(=O)(=O)CC1. The van der Waals surface area contributed by atoms with E-state index in [-0.39, 0.29) is 11.5 Å². The first-order valence-corrected chi connectivity index (χ1v) is 6.57. The Balaban J connectivity index is 2.31. The molecule has 0 bridgehead atoms. The van der Waals surface area contributed by atoms with E-state index in [2.05, 4.69) is 10.9 Å². The van der Waals surface area contributed by atoms with Crippen LogP contribution in [0.15, 0.2) is 18.7 Å². The van der Waals surface area contributed by atoms with Crippen LogP contribution in [0.4, 0.5) is 0 Å². The standard InChI is InChI=1S/C10H12N2O2S/c1-2-10(12-6-5-11-9-12)3-7-15(13,14)8-4-10/h1,5-6,9H,3-4,7-8H2. The van der Waals surface area contributed by atoms with E-state index in [0.29, 0.717) is 12.8 Å². The molecule has 1 fully saturated rings. The van der Waals surface area contributed by atoms with Gasteiger partial charge in [0, 0.05) is 12.4 Å². The molecular weight excluding hydrogens is 212 g/mol. The lowest BCUT2D eigenvalue weighted by Crippen LogP contribution is -2.40. The molecule has 2 heterocycles. The van der Waals surface area contributed by atoms with Crippen LogP contribution in [-0.2, 0) is 15.4 Å². The van der Waals surface area contributed by atoms with Crippen LogP contribution < -0.4 is 0 Å². The second-order valence-corrected chi connectivity index (χ2v) is 6.10. The Hall–Kier alpha value is -1.28. The Bertz CT molecular complexity index is 468. The molecule has 0 radical (unpaired) electrons. The minimum absolute atomic E-state index is 0.162. The minimum atomic E-state index is -2.88. The smallest absolute Gasteiger partial charge is 0.150 e. The van der Waals surface area contributed by atoms with E-state index in [1.807, 2.05) is 4.57 Å². The zero-order chi connectivity index (χ0) is 10.9. The molecule has 0 unspecified atom stereocenters. The second-order valence-electron chi connectivity index (χ2n) is 3.80. The van der Waals surface area contributed by atoms with Gasteiger partial charge in [-0.25, -0.2) is 13.4 Å². The molecule has 1 aromatic heterocycles. The first-order valence-electron chi connectivity index (χ1n) is 4.75. The van der Waals surface area contributed by atoms with E-state index in [1.54, 1.807) is 18.7 Å². The maximum absolute atomic E-state index is 11.3. The first-order chi connectivity index (χ1) is 7.08. The van der Waals surface area contributed by atoms with Crippen molar-refractivity contribution in [1.29, 1.82) is 0 Å². The van der Waals surface area contributed by atoms with Crippen molar-refractivity contribution < 1.29 is 8.42 Å². The fraction of sp³-hybridized carbons (Fsp3) is 0.500. The lowest BCUT2D eigenvalue weighted by atomic mass is 9.93. The molecular formula is C10H12N2O2S. The number of sulfone groups is 1. The van der Waals surface area contributed by atoms with Crippen LogP contribution in [0.5, 0.6) is 0 Å². The fourth-order valence-corrected chi connectivity index (χ4v) is 3.37. The minimum Gasteiger partial charge on any atom is -0.320 e. The summed E-state index contributed by atoms with van der Waals surface area (Å²) >= 11 is 0. The van der Waals surface area contributed by atoms with Gasteiger partial charge in [0.1, 0.15) is 5.54 Å². The van der Waals surface area contributed by atoms with Crippen LogP contribution in [0.2, 0.25) is 0 Å². The summed E-state index contributed by atoms with van der Waals surface area (Å²) in [5.41, 5.74) is -0.498. The highest BCUT2D eigenvalue weighted by Gasteiger charge is 2.36. The third-order valence-electron chi connectivity index (χ3n) is 2.92. The normalized spacial score (nSPS) is 23.1. The van der Waals surface area contributed by atoms with Gasteiger partial charge >= 0.3 is 0 Å². The van der Waals surface area contributed by atoms with Crippen LogP contribution in [-0.4, -0.2) is 29.5 Å². The molecule has 0 saturated carbocycles. The predicted octanol–water partition coefficient (Wildman–Crippen LogP) is 0.420. The second kappa shape index (κ2) is 3.38. The highest BCUT2D eigenvalue weighted by Crippen LogP contribution is 2.30. The summed E-state index contributed by atoms with van der Waals surface area (Å²) in [6, 6.07) is 0. The average molecular weight is 224 g/mol. The lowest BCUT2D eigenvalue weighted by molar-refractivity contribution is 0.348. The summed E-state index contributed by atoms with van der Waals surface area (Å²) in [7, 11) is -2.88. The molecule has 0 aliphatic carbocycles. The van der Waals surface area contributed by atoms with Gasteiger partial charge in [-0.3, -0.25) is 0 Å². The van der Waals surface area contributed by atoms with Crippen LogP contribution in [0.1, 0.15) is 12.8 Å². The molecule has 0 N–H and O–H groups in total. The largest absolute Gasteiger partial charge is 0.320 e. The maximum atomic E-state index is 11.3. The van der Waals surface area contributed by atoms with Gasteiger partial charge < -0.3 is 4.57 Å². The molecule has 0 spiro atoms. The van der Waals surface area contributed by atoms with Gasteiger partial charge in [0.15, 0.2) is 9.84 Å². The Labute approximate surface area is 89.2 Å². The summed E-state index contributed by atoms with van der Waals surface area (Å²) in [6.07, 6.45) is 11.6. The summed E-state index contributed by atoms with van der Waals surface area (Å²) in [6.45, 7) is 0. The molecule has 1 saturated heterocycles. The topological polar surface area (TPSA) is 52.0 Å². The molecule has 0 aromatic carbocycles. The first kappa shape index (κ1) is 10.2. The Kier molecular flexibility index (Phi) is 2.31. The summed E-state index contributed by atoms with van der Waals surface area (Å²) in [4.78, 5) is 3.94. The van der Waals surface area contributed by atoms with Crippen molar-refractivity contribution in [2.45, 2.75) is 18.4 Å². The van der Waals surface area contributed by atoms with Crippen molar-refractivity contribution in [2.24, 2.45) is 0 Å². The van der Waals surface area contributed by atoms with E-state index < -0.39 is 15.4 Å². The van der Waals surface area contributed by atoms with E-state index in [9.17, 15) is 8.42 Å². The van der Waals surface area contributed by atoms with E-state index >= 15 is 0 Å². The van der Waals surface area contributed by atoms with Crippen molar-refractivity contribution in [2.75, 3.05) is 11.5 Å². The average Bonchev–Trinajstić information content (AvgIpc) is 2.72. The van der Waals surface area contributed by atoms with Crippen molar-refractivity contribution >= 4 is 9.84 Å². The molecule has 80 valence electrons. The number of nitrogens with zero attached hydrogens (tertiary/aromatic N) is 2. The molecule has 0 atom stereocenters. The highest BCUT2D eigenvalue weighted by molar-refractivity contribution is 7.91. The van der Waals surface area contributed by atoms with Gasteiger partial charge in [-0.05, 0) is 12.8 Å². The molecule has 1 aliphatic heterocycles.